The number of carbonyl (C=O) groups is 2. The summed E-state index contributed by atoms with van der Waals surface area (Å²) in [5.74, 6) is -0.619. The molecule has 2 aromatic rings. The summed E-state index contributed by atoms with van der Waals surface area (Å²) in [4.78, 5) is 25.9. The molecule has 6 nitrogen and oxygen atoms in total. The zero-order valence-electron chi connectivity index (χ0n) is 15.4. The smallest absolute Gasteiger partial charge is 0.344 e. The highest BCUT2D eigenvalue weighted by Gasteiger charge is 2.34. The number of nitrogens with zero attached hydrogens (tertiary/aromatic N) is 1. The zero-order chi connectivity index (χ0) is 21.1. The minimum atomic E-state index is -1.08. The summed E-state index contributed by atoms with van der Waals surface area (Å²) in [5, 5.41) is 9.01. The van der Waals surface area contributed by atoms with E-state index in [2.05, 4.69) is 15.9 Å². The van der Waals surface area contributed by atoms with Crippen molar-refractivity contribution in [3.63, 3.8) is 0 Å². The van der Waals surface area contributed by atoms with E-state index < -0.39 is 12.1 Å². The maximum Gasteiger partial charge on any atom is 0.344 e. The van der Waals surface area contributed by atoms with E-state index in [-0.39, 0.29) is 5.91 Å². The number of benzene rings is 2. The molecule has 1 fully saturated rings. The second-order valence-electron chi connectivity index (χ2n) is 5.98. The summed E-state index contributed by atoms with van der Waals surface area (Å²) in [5.41, 5.74) is 1.38. The molecule has 9 heteroatoms. The number of carboxylic acid groups (broad SMARTS) is 1. The molecule has 1 saturated heterocycles. The van der Waals surface area contributed by atoms with Gasteiger partial charge in [0.25, 0.3) is 5.91 Å². The van der Waals surface area contributed by atoms with Gasteiger partial charge in [-0.15, -0.1) is 0 Å². The fourth-order valence-electron chi connectivity index (χ4n) is 2.57. The lowest BCUT2D eigenvalue weighted by atomic mass is 10.1. The number of amides is 1. The maximum atomic E-state index is 12.9. The summed E-state index contributed by atoms with van der Waals surface area (Å²) < 4.78 is 11.9. The van der Waals surface area contributed by atoms with Gasteiger partial charge >= 0.3 is 5.97 Å². The standard InChI is InChI=1S/C20H16BrNO5S2/c1-11(19(24)25)27-15-8-7-12(9-16(15)26-2)10-17-18(23)22(20(28)29-17)14-6-4-3-5-13(14)21/h3-11H,1-2H3,(H,24,25)/b17-10+. The summed E-state index contributed by atoms with van der Waals surface area (Å²) >= 11 is 10.1. The number of aliphatic carboxylic acids is 1. The van der Waals surface area contributed by atoms with Crippen molar-refractivity contribution in [1.82, 2.24) is 0 Å². The maximum absolute atomic E-state index is 12.9. The van der Waals surface area contributed by atoms with Crippen molar-refractivity contribution in [2.45, 2.75) is 13.0 Å². The highest BCUT2D eigenvalue weighted by Crippen LogP contribution is 2.39. The molecule has 0 bridgehead atoms. The summed E-state index contributed by atoms with van der Waals surface area (Å²) in [7, 11) is 1.46. The van der Waals surface area contributed by atoms with Crippen LogP contribution < -0.4 is 14.4 Å². The van der Waals surface area contributed by atoms with Gasteiger partial charge in [-0.25, -0.2) is 4.79 Å². The Morgan fingerprint density at radius 1 is 1.28 bits per heavy atom. The van der Waals surface area contributed by atoms with Gasteiger partial charge in [0.15, 0.2) is 21.9 Å². The second-order valence-corrected chi connectivity index (χ2v) is 8.51. The lowest BCUT2D eigenvalue weighted by Crippen LogP contribution is -2.27. The van der Waals surface area contributed by atoms with E-state index in [1.165, 1.54) is 30.7 Å². The van der Waals surface area contributed by atoms with E-state index >= 15 is 0 Å². The third-order valence-electron chi connectivity index (χ3n) is 4.02. The van der Waals surface area contributed by atoms with Crippen LogP contribution in [0.25, 0.3) is 6.08 Å². The molecular weight excluding hydrogens is 478 g/mol. The fourth-order valence-corrected chi connectivity index (χ4v) is 4.32. The molecule has 1 N–H and O–H groups in total. The van der Waals surface area contributed by atoms with Crippen molar-refractivity contribution in [2.24, 2.45) is 0 Å². The number of rotatable bonds is 6. The highest BCUT2D eigenvalue weighted by atomic mass is 79.9. The van der Waals surface area contributed by atoms with Gasteiger partial charge in [-0.1, -0.05) is 42.2 Å². The first-order chi connectivity index (χ1) is 13.8. The van der Waals surface area contributed by atoms with E-state index in [9.17, 15) is 9.59 Å². The van der Waals surface area contributed by atoms with Gasteiger partial charge in [0, 0.05) is 4.47 Å². The summed E-state index contributed by atoms with van der Waals surface area (Å²) in [6.45, 7) is 1.43. The molecule has 0 spiro atoms. The molecule has 0 saturated carbocycles. The van der Waals surface area contributed by atoms with Crippen LogP contribution in [-0.2, 0) is 9.59 Å². The van der Waals surface area contributed by atoms with Crippen LogP contribution >= 0.6 is 39.9 Å². The first-order valence-electron chi connectivity index (χ1n) is 8.41. The van der Waals surface area contributed by atoms with Gasteiger partial charge in [0.05, 0.1) is 17.7 Å². The van der Waals surface area contributed by atoms with Crippen LogP contribution in [0.15, 0.2) is 51.8 Å². The molecule has 0 radical (unpaired) electrons. The minimum absolute atomic E-state index is 0.217. The van der Waals surface area contributed by atoms with Crippen molar-refractivity contribution in [1.29, 1.82) is 0 Å². The molecule has 1 heterocycles. The number of halogens is 1. The number of anilines is 1. The molecule has 1 aliphatic heterocycles. The third-order valence-corrected chi connectivity index (χ3v) is 6.00. The largest absolute Gasteiger partial charge is 0.493 e. The molecule has 150 valence electrons. The molecule has 3 rings (SSSR count). The van der Waals surface area contributed by atoms with Gasteiger partial charge < -0.3 is 14.6 Å². The normalized spacial score (nSPS) is 16.2. The number of thiocarbonyl (C=S) groups is 1. The van der Waals surface area contributed by atoms with Crippen molar-refractivity contribution in [3.05, 3.63) is 57.4 Å². The first-order valence-corrected chi connectivity index (χ1v) is 10.4. The zero-order valence-corrected chi connectivity index (χ0v) is 18.6. The van der Waals surface area contributed by atoms with E-state index in [4.69, 9.17) is 26.8 Å². The van der Waals surface area contributed by atoms with Gasteiger partial charge in [0.2, 0.25) is 0 Å². The summed E-state index contributed by atoms with van der Waals surface area (Å²) in [6.07, 6.45) is 0.693. The molecule has 1 unspecified atom stereocenters. The number of carbonyl (C=O) groups excluding carboxylic acids is 1. The summed E-state index contributed by atoms with van der Waals surface area (Å²) in [6, 6.07) is 12.4. The molecular formula is C20H16BrNO5S2. The lowest BCUT2D eigenvalue weighted by molar-refractivity contribution is -0.144. The van der Waals surface area contributed by atoms with Crippen molar-refractivity contribution >= 4 is 67.9 Å². The molecule has 2 aromatic carbocycles. The van der Waals surface area contributed by atoms with Crippen LogP contribution in [0, 0.1) is 0 Å². The van der Waals surface area contributed by atoms with Crippen molar-refractivity contribution in [2.75, 3.05) is 12.0 Å². The van der Waals surface area contributed by atoms with E-state index in [0.29, 0.717) is 32.0 Å². The average Bonchev–Trinajstić information content (AvgIpc) is 2.96. The van der Waals surface area contributed by atoms with Crippen molar-refractivity contribution < 1.29 is 24.2 Å². The van der Waals surface area contributed by atoms with Crippen LogP contribution in [0.1, 0.15) is 12.5 Å². The Bertz CT molecular complexity index is 1020. The SMILES string of the molecule is COc1cc(/C=C2/SC(=S)N(c3ccccc3Br)C2=O)ccc1OC(C)C(=O)O. The van der Waals surface area contributed by atoms with Crippen LogP contribution in [0.2, 0.25) is 0 Å². The second kappa shape index (κ2) is 8.98. The first kappa shape index (κ1) is 21.4. The number of ether oxygens (including phenoxy) is 2. The molecule has 1 aliphatic rings. The van der Waals surface area contributed by atoms with Crippen LogP contribution in [0.4, 0.5) is 5.69 Å². The topological polar surface area (TPSA) is 76.1 Å². The Balaban J connectivity index is 1.88. The Kier molecular flexibility index (Phi) is 6.61. The minimum Gasteiger partial charge on any atom is -0.493 e. The van der Waals surface area contributed by atoms with E-state index in [1.54, 1.807) is 24.3 Å². The molecule has 1 atom stereocenters. The number of hydrogen-bond acceptors (Lipinski definition) is 6. The lowest BCUT2D eigenvalue weighted by Gasteiger charge is -2.16. The number of methoxy groups -OCH3 is 1. The quantitative estimate of drug-likeness (QED) is 0.460. The Hall–Kier alpha value is -2.36. The number of carboxylic acids is 1. The van der Waals surface area contributed by atoms with Gasteiger partial charge in [-0.05, 0) is 58.8 Å². The highest BCUT2D eigenvalue weighted by molar-refractivity contribution is 9.10. The number of thioether (sulfide) groups is 1. The van der Waals surface area contributed by atoms with Crippen LogP contribution in [0.5, 0.6) is 11.5 Å². The van der Waals surface area contributed by atoms with Gasteiger partial charge in [-0.2, -0.15) is 0 Å². The Morgan fingerprint density at radius 2 is 2.00 bits per heavy atom. The van der Waals surface area contributed by atoms with Gasteiger partial charge in [0.1, 0.15) is 0 Å². The van der Waals surface area contributed by atoms with E-state index in [0.717, 1.165) is 4.47 Å². The third kappa shape index (κ3) is 4.63. The Morgan fingerprint density at radius 3 is 2.66 bits per heavy atom. The monoisotopic (exact) mass is 493 g/mol. The number of para-hydroxylation sites is 1. The number of hydrogen-bond donors (Lipinski definition) is 1. The molecule has 0 aromatic heterocycles. The van der Waals surface area contributed by atoms with Crippen molar-refractivity contribution in [3.8, 4) is 11.5 Å². The average molecular weight is 494 g/mol. The Labute approximate surface area is 185 Å². The molecule has 0 aliphatic carbocycles. The van der Waals surface area contributed by atoms with Crippen LogP contribution in [0.3, 0.4) is 0 Å². The predicted octanol–water partition coefficient (Wildman–Crippen LogP) is 4.72. The fraction of sp³-hybridized carbons (Fsp3) is 0.150. The van der Waals surface area contributed by atoms with Crippen LogP contribution in [-0.4, -0.2) is 34.5 Å². The predicted molar refractivity (Wildman–Crippen MR) is 121 cm³/mol. The molecule has 29 heavy (non-hydrogen) atoms. The van der Waals surface area contributed by atoms with E-state index in [1.807, 2.05) is 24.3 Å². The molecule has 1 amide bonds. The van der Waals surface area contributed by atoms with Gasteiger partial charge in [-0.3, -0.25) is 9.69 Å².